The Morgan fingerprint density at radius 2 is 1.50 bits per heavy atom. The van der Waals surface area contributed by atoms with E-state index in [0.29, 0.717) is 5.88 Å². The Balaban J connectivity index is 2.27. The zero-order valence-electron chi connectivity index (χ0n) is 11.4. The van der Waals surface area contributed by atoms with Crippen LogP contribution in [0, 0.1) is 5.41 Å². The molecule has 0 bridgehead atoms. The van der Waals surface area contributed by atoms with E-state index in [2.05, 4.69) is 71.4 Å². The Morgan fingerprint density at radius 1 is 1.00 bits per heavy atom. The molecule has 1 atom stereocenters. The third-order valence-electron chi connectivity index (χ3n) is 3.86. The second-order valence-corrected chi connectivity index (χ2v) is 8.66. The van der Waals surface area contributed by atoms with Crippen LogP contribution >= 0.6 is 35.1 Å². The number of halogens is 2. The molecular formula is C17H17BrClP. The molecule has 0 amide bonds. The predicted molar refractivity (Wildman–Crippen MR) is 96.8 cm³/mol. The maximum absolute atomic E-state index is 6.22. The van der Waals surface area contributed by atoms with Gasteiger partial charge < -0.3 is 0 Å². The van der Waals surface area contributed by atoms with E-state index in [4.69, 9.17) is 11.6 Å². The van der Waals surface area contributed by atoms with Crippen molar-refractivity contribution in [1.29, 1.82) is 0 Å². The molecule has 3 heteroatoms. The summed E-state index contributed by atoms with van der Waals surface area (Å²) in [6, 6.07) is 17.7. The summed E-state index contributed by atoms with van der Waals surface area (Å²) in [5.41, 5.74) is 0.151. The fourth-order valence-electron chi connectivity index (χ4n) is 2.68. The third kappa shape index (κ3) is 2.41. The van der Waals surface area contributed by atoms with Crippen molar-refractivity contribution >= 4 is 56.1 Å². The van der Waals surface area contributed by atoms with E-state index in [-0.39, 0.29) is 12.9 Å². The Kier molecular flexibility index (Phi) is 4.13. The van der Waals surface area contributed by atoms with E-state index >= 15 is 0 Å². The number of hydrogen-bond acceptors (Lipinski definition) is 0. The first-order valence-corrected chi connectivity index (χ1v) is 9.95. The molecule has 0 radical (unpaired) electrons. The molecule has 1 aromatic heterocycles. The minimum atomic E-state index is -0.291. The van der Waals surface area contributed by atoms with E-state index < -0.39 is 0 Å². The summed E-state index contributed by atoms with van der Waals surface area (Å²) >= 11 is 9.87. The quantitative estimate of drug-likeness (QED) is 0.455. The second kappa shape index (κ2) is 5.72. The molecule has 2 aromatic carbocycles. The lowest BCUT2D eigenvalue weighted by molar-refractivity contribution is 0.468. The summed E-state index contributed by atoms with van der Waals surface area (Å²) in [6.07, 6.45) is 1.14. The smallest absolute Gasteiger partial charge is 0.0291 e. The Hall–Kier alpha value is -0.490. The van der Waals surface area contributed by atoms with Crippen molar-refractivity contribution in [3.63, 3.8) is 0 Å². The van der Waals surface area contributed by atoms with Crippen LogP contribution < -0.4 is 0 Å². The molecule has 1 heterocycles. The van der Waals surface area contributed by atoms with Gasteiger partial charge in [0.25, 0.3) is 0 Å². The molecule has 0 saturated carbocycles. The van der Waals surface area contributed by atoms with E-state index in [9.17, 15) is 0 Å². The van der Waals surface area contributed by atoms with E-state index in [1.54, 1.807) is 0 Å². The number of alkyl halides is 2. The molecule has 20 heavy (non-hydrogen) atoms. The standard InChI is InChI=1S/C17H17BrClP/c1-17(10-18,11-19)12-20-15-8-4-2-6-13(15)14-7-3-5-9-16(14)20/h2-9H,10-12H2,1H3/t17-/m0/s1. The highest BCUT2D eigenvalue weighted by atomic mass is 79.9. The highest BCUT2D eigenvalue weighted by Crippen LogP contribution is 2.53. The van der Waals surface area contributed by atoms with Crippen molar-refractivity contribution in [2.45, 2.75) is 13.1 Å². The Labute approximate surface area is 134 Å². The second-order valence-electron chi connectivity index (χ2n) is 5.70. The molecule has 3 aromatic rings. The molecule has 3 rings (SSSR count). The summed E-state index contributed by atoms with van der Waals surface area (Å²) in [5.74, 6) is 0.696. The van der Waals surface area contributed by atoms with Crippen LogP contribution in [0.3, 0.4) is 0 Å². The van der Waals surface area contributed by atoms with Gasteiger partial charge in [0.15, 0.2) is 0 Å². The molecule has 0 aliphatic heterocycles. The van der Waals surface area contributed by atoms with Crippen molar-refractivity contribution < 1.29 is 0 Å². The van der Waals surface area contributed by atoms with Gasteiger partial charge in [0.05, 0.1) is 0 Å². The highest BCUT2D eigenvalue weighted by molar-refractivity contribution is 9.09. The third-order valence-corrected chi connectivity index (χ3v) is 8.89. The van der Waals surface area contributed by atoms with Crippen LogP contribution in [0.1, 0.15) is 6.92 Å². The minimum absolute atomic E-state index is 0.151. The lowest BCUT2D eigenvalue weighted by atomic mass is 10.00. The zero-order chi connectivity index (χ0) is 14.2. The highest BCUT2D eigenvalue weighted by Gasteiger charge is 2.25. The van der Waals surface area contributed by atoms with Crippen LogP contribution in [0.15, 0.2) is 48.5 Å². The van der Waals surface area contributed by atoms with Crippen LogP contribution in [-0.2, 0) is 6.16 Å². The summed E-state index contributed by atoms with van der Waals surface area (Å²) in [6.45, 7) is 2.28. The molecular weight excluding hydrogens is 351 g/mol. The first-order valence-electron chi connectivity index (χ1n) is 6.76. The molecule has 0 saturated heterocycles. The summed E-state index contributed by atoms with van der Waals surface area (Å²) in [4.78, 5) is 0. The fourth-order valence-corrected chi connectivity index (χ4v) is 7.02. The Bertz CT molecular complexity index is 690. The van der Waals surface area contributed by atoms with Gasteiger partial charge in [-0.25, -0.2) is 0 Å². The minimum Gasteiger partial charge on any atom is -0.126 e. The Morgan fingerprint density at radius 3 is 1.95 bits per heavy atom. The summed E-state index contributed by atoms with van der Waals surface area (Å²) in [5, 5.41) is 6.82. The largest absolute Gasteiger partial charge is 0.126 e. The van der Waals surface area contributed by atoms with Gasteiger partial charge in [0.1, 0.15) is 0 Å². The maximum atomic E-state index is 6.22. The zero-order valence-corrected chi connectivity index (χ0v) is 14.7. The van der Waals surface area contributed by atoms with Gasteiger partial charge in [-0.2, -0.15) is 0 Å². The van der Waals surface area contributed by atoms with Gasteiger partial charge >= 0.3 is 0 Å². The van der Waals surface area contributed by atoms with E-state index in [1.807, 2.05) is 0 Å². The molecule has 0 unspecified atom stereocenters. The van der Waals surface area contributed by atoms with Crippen molar-refractivity contribution in [2.75, 3.05) is 11.2 Å². The summed E-state index contributed by atoms with van der Waals surface area (Å²) in [7, 11) is -0.291. The first kappa shape index (κ1) is 14.4. The van der Waals surface area contributed by atoms with Gasteiger partial charge in [0.2, 0.25) is 0 Å². The lowest BCUT2D eigenvalue weighted by Gasteiger charge is -2.25. The van der Waals surface area contributed by atoms with Crippen LogP contribution in [0.2, 0.25) is 0 Å². The van der Waals surface area contributed by atoms with Crippen LogP contribution in [-0.4, -0.2) is 11.2 Å². The number of benzene rings is 2. The normalized spacial score (nSPS) is 14.8. The fraction of sp³-hybridized carbons (Fsp3) is 0.294. The SMILES string of the molecule is C[C@@](CCl)(CBr)Cp1c2ccccc2c2ccccc21. The molecule has 0 spiro atoms. The molecule has 0 nitrogen and oxygen atoms in total. The summed E-state index contributed by atoms with van der Waals surface area (Å²) < 4.78 is 0. The van der Waals surface area contributed by atoms with Crippen molar-refractivity contribution in [1.82, 2.24) is 0 Å². The first-order chi connectivity index (χ1) is 9.68. The van der Waals surface area contributed by atoms with Crippen LogP contribution in [0.25, 0.3) is 21.0 Å². The van der Waals surface area contributed by atoms with Crippen molar-refractivity contribution in [3.8, 4) is 0 Å². The maximum Gasteiger partial charge on any atom is 0.0291 e. The van der Waals surface area contributed by atoms with E-state index in [0.717, 1.165) is 11.5 Å². The number of rotatable bonds is 4. The van der Waals surface area contributed by atoms with Gasteiger partial charge in [0, 0.05) is 21.4 Å². The molecule has 0 fully saturated rings. The van der Waals surface area contributed by atoms with Gasteiger partial charge in [-0.15, -0.1) is 19.1 Å². The number of fused-ring (bicyclic) bond motifs is 3. The van der Waals surface area contributed by atoms with Gasteiger partial charge in [-0.3, -0.25) is 0 Å². The topological polar surface area (TPSA) is 0 Å². The van der Waals surface area contributed by atoms with Crippen LogP contribution in [0.5, 0.6) is 0 Å². The molecule has 0 N–H and O–H groups in total. The average molecular weight is 368 g/mol. The monoisotopic (exact) mass is 366 g/mol. The van der Waals surface area contributed by atoms with Crippen molar-refractivity contribution in [2.24, 2.45) is 5.41 Å². The van der Waals surface area contributed by atoms with E-state index in [1.165, 1.54) is 21.0 Å². The van der Waals surface area contributed by atoms with Crippen molar-refractivity contribution in [3.05, 3.63) is 48.5 Å². The van der Waals surface area contributed by atoms with Crippen LogP contribution in [0.4, 0.5) is 0 Å². The molecule has 0 aliphatic carbocycles. The predicted octanol–water partition coefficient (Wildman–Crippen LogP) is 6.62. The lowest BCUT2D eigenvalue weighted by Crippen LogP contribution is -2.20. The number of hydrogen-bond donors (Lipinski definition) is 0. The molecule has 104 valence electrons. The van der Waals surface area contributed by atoms with Gasteiger partial charge in [-0.1, -0.05) is 71.4 Å². The average Bonchev–Trinajstić information content (AvgIpc) is 2.82. The molecule has 0 aliphatic rings. The van der Waals surface area contributed by atoms with Gasteiger partial charge in [-0.05, 0) is 22.3 Å².